The van der Waals surface area contributed by atoms with Crippen LogP contribution in [0.15, 0.2) is 39.2 Å². The molecule has 0 bridgehead atoms. The van der Waals surface area contributed by atoms with E-state index < -0.39 is 22.0 Å². The SMILES string of the molecule is CCOC(=O)c1ccc(S(=O)(=O)N2CCCC2C(=O)NCCc2cccs2)o1. The van der Waals surface area contributed by atoms with Gasteiger partial charge in [-0.05, 0) is 49.8 Å². The fourth-order valence-corrected chi connectivity index (χ4v) is 5.34. The molecule has 1 aliphatic rings. The minimum Gasteiger partial charge on any atom is -0.460 e. The number of carbonyl (C=O) groups is 2. The van der Waals surface area contributed by atoms with Crippen LogP contribution in [0, 0.1) is 0 Å². The number of hydrogen-bond donors (Lipinski definition) is 1. The van der Waals surface area contributed by atoms with Crippen molar-refractivity contribution in [3.8, 4) is 0 Å². The normalized spacial score (nSPS) is 17.5. The predicted octanol–water partition coefficient (Wildman–Crippen LogP) is 2.03. The van der Waals surface area contributed by atoms with E-state index in [1.165, 1.54) is 12.1 Å². The lowest BCUT2D eigenvalue weighted by molar-refractivity contribution is -0.124. The number of ether oxygens (including phenoxy) is 1. The number of thiophene rings is 1. The van der Waals surface area contributed by atoms with Gasteiger partial charge >= 0.3 is 5.97 Å². The first-order chi connectivity index (χ1) is 13.4. The minimum absolute atomic E-state index is 0.154. The molecule has 2 aromatic rings. The highest BCUT2D eigenvalue weighted by molar-refractivity contribution is 7.89. The molecule has 1 aliphatic heterocycles. The Hall–Kier alpha value is -2.17. The summed E-state index contributed by atoms with van der Waals surface area (Å²) in [6.45, 7) is 2.46. The van der Waals surface area contributed by atoms with Gasteiger partial charge in [0, 0.05) is 18.0 Å². The van der Waals surface area contributed by atoms with Crippen LogP contribution >= 0.6 is 11.3 Å². The summed E-state index contributed by atoms with van der Waals surface area (Å²) in [4.78, 5) is 25.4. The Morgan fingerprint density at radius 1 is 1.36 bits per heavy atom. The van der Waals surface area contributed by atoms with Crippen molar-refractivity contribution in [1.82, 2.24) is 9.62 Å². The zero-order valence-electron chi connectivity index (χ0n) is 15.4. The third-order valence-corrected chi connectivity index (χ3v) is 7.10. The molecule has 1 N–H and O–H groups in total. The van der Waals surface area contributed by atoms with Crippen LogP contribution in [0.1, 0.15) is 35.2 Å². The van der Waals surface area contributed by atoms with E-state index in [0.717, 1.165) is 9.18 Å². The Labute approximate surface area is 167 Å². The molecular formula is C18H22N2O6S2. The van der Waals surface area contributed by atoms with Gasteiger partial charge in [-0.2, -0.15) is 4.31 Å². The van der Waals surface area contributed by atoms with E-state index >= 15 is 0 Å². The van der Waals surface area contributed by atoms with Crippen LogP contribution in [-0.4, -0.2) is 50.3 Å². The van der Waals surface area contributed by atoms with Crippen molar-refractivity contribution in [2.24, 2.45) is 0 Å². The van der Waals surface area contributed by atoms with Crippen LogP contribution in [0.25, 0.3) is 0 Å². The number of nitrogens with one attached hydrogen (secondary N) is 1. The van der Waals surface area contributed by atoms with E-state index in [2.05, 4.69) is 5.32 Å². The first kappa shape index (κ1) is 20.6. The lowest BCUT2D eigenvalue weighted by atomic mass is 10.2. The van der Waals surface area contributed by atoms with Crippen molar-refractivity contribution in [3.63, 3.8) is 0 Å². The van der Waals surface area contributed by atoms with Crippen LogP contribution in [0.5, 0.6) is 0 Å². The topological polar surface area (TPSA) is 106 Å². The molecule has 28 heavy (non-hydrogen) atoms. The molecule has 1 unspecified atom stereocenters. The zero-order chi connectivity index (χ0) is 20.1. The molecule has 3 heterocycles. The van der Waals surface area contributed by atoms with Gasteiger partial charge in [-0.3, -0.25) is 4.79 Å². The summed E-state index contributed by atoms with van der Waals surface area (Å²) < 4.78 is 37.0. The molecule has 10 heteroatoms. The lowest BCUT2D eigenvalue weighted by Crippen LogP contribution is -2.46. The summed E-state index contributed by atoms with van der Waals surface area (Å²) in [6.07, 6.45) is 1.72. The highest BCUT2D eigenvalue weighted by Gasteiger charge is 2.41. The van der Waals surface area contributed by atoms with Gasteiger partial charge in [-0.15, -0.1) is 11.3 Å². The van der Waals surface area contributed by atoms with Crippen LogP contribution in [0.3, 0.4) is 0 Å². The molecule has 1 amide bonds. The molecule has 1 atom stereocenters. The first-order valence-corrected chi connectivity index (χ1v) is 11.3. The monoisotopic (exact) mass is 426 g/mol. The number of hydrogen-bond acceptors (Lipinski definition) is 7. The first-order valence-electron chi connectivity index (χ1n) is 9.02. The maximum atomic E-state index is 12.9. The van der Waals surface area contributed by atoms with Gasteiger partial charge in [0.15, 0.2) is 0 Å². The van der Waals surface area contributed by atoms with Crippen molar-refractivity contribution in [3.05, 3.63) is 40.3 Å². The third-order valence-electron chi connectivity index (χ3n) is 4.38. The molecule has 0 aromatic carbocycles. The van der Waals surface area contributed by atoms with Gasteiger partial charge in [0.25, 0.3) is 10.0 Å². The number of amides is 1. The highest BCUT2D eigenvalue weighted by atomic mass is 32.2. The highest BCUT2D eigenvalue weighted by Crippen LogP contribution is 2.27. The van der Waals surface area contributed by atoms with E-state index in [-0.39, 0.29) is 29.9 Å². The quantitative estimate of drug-likeness (QED) is 0.648. The lowest BCUT2D eigenvalue weighted by Gasteiger charge is -2.22. The molecule has 152 valence electrons. The number of sulfonamides is 1. The standard InChI is InChI=1S/C18H22N2O6S2/c1-2-25-18(22)15-7-8-16(26-15)28(23,24)20-11-3-6-14(20)17(21)19-10-9-13-5-4-12-27-13/h4-5,7-8,12,14H,2-3,6,9-11H2,1H3,(H,19,21). The molecule has 1 fully saturated rings. The van der Waals surface area contributed by atoms with Crippen LogP contribution in [-0.2, 0) is 26.0 Å². The van der Waals surface area contributed by atoms with Crippen molar-refractivity contribution >= 4 is 33.2 Å². The summed E-state index contributed by atoms with van der Waals surface area (Å²) >= 11 is 1.61. The Morgan fingerprint density at radius 2 is 2.18 bits per heavy atom. The Kier molecular flexibility index (Phi) is 6.53. The zero-order valence-corrected chi connectivity index (χ0v) is 17.1. The second-order valence-corrected chi connectivity index (χ2v) is 9.09. The van der Waals surface area contributed by atoms with Crippen molar-refractivity contribution in [2.75, 3.05) is 19.7 Å². The second kappa shape index (κ2) is 8.89. The number of nitrogens with zero attached hydrogens (tertiary/aromatic N) is 1. The average Bonchev–Trinajstić information content (AvgIpc) is 3.41. The van der Waals surface area contributed by atoms with Crippen LogP contribution in [0.4, 0.5) is 0 Å². The Balaban J connectivity index is 1.66. The second-order valence-electron chi connectivity index (χ2n) is 6.23. The Bertz CT molecular complexity index is 920. The molecule has 3 rings (SSSR count). The maximum absolute atomic E-state index is 12.9. The molecule has 8 nitrogen and oxygen atoms in total. The molecule has 1 saturated heterocycles. The number of furan rings is 1. The van der Waals surface area contributed by atoms with Crippen LogP contribution in [0.2, 0.25) is 0 Å². The van der Waals surface area contributed by atoms with Crippen molar-refractivity contribution in [2.45, 2.75) is 37.3 Å². The van der Waals surface area contributed by atoms with Gasteiger partial charge in [0.1, 0.15) is 6.04 Å². The van der Waals surface area contributed by atoms with E-state index in [4.69, 9.17) is 9.15 Å². The summed E-state index contributed by atoms with van der Waals surface area (Å²) in [7, 11) is -4.03. The smallest absolute Gasteiger partial charge is 0.374 e. The van der Waals surface area contributed by atoms with Crippen LogP contribution < -0.4 is 5.32 Å². The van der Waals surface area contributed by atoms with E-state index in [1.807, 2.05) is 17.5 Å². The molecular weight excluding hydrogens is 404 g/mol. The number of carbonyl (C=O) groups excluding carboxylic acids is 2. The fraction of sp³-hybridized carbons (Fsp3) is 0.444. The fourth-order valence-electron chi connectivity index (χ4n) is 3.06. The third kappa shape index (κ3) is 4.45. The summed E-state index contributed by atoms with van der Waals surface area (Å²) in [6, 6.07) is 5.62. The van der Waals surface area contributed by atoms with Gasteiger partial charge < -0.3 is 14.5 Å². The van der Waals surface area contributed by atoms with Gasteiger partial charge in [-0.25, -0.2) is 13.2 Å². The summed E-state index contributed by atoms with van der Waals surface area (Å²) in [5.74, 6) is -1.24. The summed E-state index contributed by atoms with van der Waals surface area (Å²) in [5.41, 5.74) is 0. The summed E-state index contributed by atoms with van der Waals surface area (Å²) in [5, 5.41) is 4.42. The molecule has 0 aliphatic carbocycles. The maximum Gasteiger partial charge on any atom is 0.374 e. The average molecular weight is 427 g/mol. The van der Waals surface area contributed by atoms with Gasteiger partial charge in [0.2, 0.25) is 16.8 Å². The van der Waals surface area contributed by atoms with E-state index in [9.17, 15) is 18.0 Å². The Morgan fingerprint density at radius 3 is 2.89 bits per heavy atom. The molecule has 0 spiro atoms. The number of rotatable bonds is 8. The minimum atomic E-state index is -4.03. The van der Waals surface area contributed by atoms with Gasteiger partial charge in [-0.1, -0.05) is 6.07 Å². The largest absolute Gasteiger partial charge is 0.460 e. The van der Waals surface area contributed by atoms with E-state index in [0.29, 0.717) is 25.8 Å². The van der Waals surface area contributed by atoms with E-state index in [1.54, 1.807) is 18.3 Å². The molecule has 2 aromatic heterocycles. The number of esters is 1. The molecule has 0 radical (unpaired) electrons. The molecule has 0 saturated carbocycles. The van der Waals surface area contributed by atoms with Crippen molar-refractivity contribution < 1.29 is 27.2 Å². The van der Waals surface area contributed by atoms with Gasteiger partial charge in [0.05, 0.1) is 6.61 Å². The predicted molar refractivity (Wildman–Crippen MR) is 103 cm³/mol. The van der Waals surface area contributed by atoms with Crippen molar-refractivity contribution in [1.29, 1.82) is 0 Å².